The molecule has 6 nitrogen and oxygen atoms in total. The second-order valence-corrected chi connectivity index (χ2v) is 5.07. The molecule has 1 aromatic carbocycles. The molecule has 2 aromatic heterocycles. The third-order valence-corrected chi connectivity index (χ3v) is 3.91. The Balaban J connectivity index is 2.11. The van der Waals surface area contributed by atoms with Gasteiger partial charge in [-0.3, -0.25) is 14.0 Å². The number of nitrogens with one attached hydrogen (secondary N) is 1. The van der Waals surface area contributed by atoms with Gasteiger partial charge < -0.3 is 10.1 Å². The van der Waals surface area contributed by atoms with Gasteiger partial charge in [-0.1, -0.05) is 24.3 Å². The lowest BCUT2D eigenvalue weighted by molar-refractivity contribution is -0.137. The fourth-order valence-corrected chi connectivity index (χ4v) is 3.12. The van der Waals surface area contributed by atoms with E-state index in [1.807, 2.05) is 24.3 Å². The molecule has 1 aliphatic rings. The maximum absolute atomic E-state index is 12.1. The van der Waals surface area contributed by atoms with Crippen molar-refractivity contribution < 1.29 is 9.90 Å². The van der Waals surface area contributed by atoms with Crippen molar-refractivity contribution in [1.29, 1.82) is 0 Å². The summed E-state index contributed by atoms with van der Waals surface area (Å²) in [6, 6.07) is 7.56. The molecule has 0 saturated carbocycles. The molecule has 21 heavy (non-hydrogen) atoms. The number of aliphatic carboxylic acids is 1. The summed E-state index contributed by atoms with van der Waals surface area (Å²) >= 11 is 0. The van der Waals surface area contributed by atoms with Gasteiger partial charge in [0.25, 0.3) is 5.56 Å². The third kappa shape index (κ3) is 1.56. The Morgan fingerprint density at radius 3 is 3.00 bits per heavy atom. The molecule has 0 aliphatic heterocycles. The molecule has 0 saturated heterocycles. The Labute approximate surface area is 118 Å². The minimum absolute atomic E-state index is 0.0245. The van der Waals surface area contributed by atoms with E-state index in [1.54, 1.807) is 16.8 Å². The van der Waals surface area contributed by atoms with Crippen LogP contribution in [-0.4, -0.2) is 25.4 Å². The molecule has 1 aliphatic carbocycles. The molecule has 0 spiro atoms. The van der Waals surface area contributed by atoms with Crippen LogP contribution in [0.2, 0.25) is 0 Å². The Bertz CT molecular complexity index is 939. The highest BCUT2D eigenvalue weighted by molar-refractivity contribution is 5.79. The van der Waals surface area contributed by atoms with Crippen LogP contribution in [0, 0.1) is 0 Å². The summed E-state index contributed by atoms with van der Waals surface area (Å²) in [7, 11) is 0. The number of aromatic amines is 1. The average molecular weight is 281 g/mol. The van der Waals surface area contributed by atoms with Gasteiger partial charge in [-0.15, -0.1) is 0 Å². The van der Waals surface area contributed by atoms with E-state index in [4.69, 9.17) is 0 Å². The van der Waals surface area contributed by atoms with Crippen molar-refractivity contribution in [2.75, 3.05) is 0 Å². The number of benzene rings is 1. The highest BCUT2D eigenvalue weighted by atomic mass is 16.4. The van der Waals surface area contributed by atoms with Crippen LogP contribution >= 0.6 is 0 Å². The first-order chi connectivity index (χ1) is 10.2. The van der Waals surface area contributed by atoms with Crippen LogP contribution in [0.5, 0.6) is 0 Å². The molecule has 2 N–H and O–H groups in total. The Kier molecular flexibility index (Phi) is 2.29. The monoisotopic (exact) mass is 281 g/mol. The van der Waals surface area contributed by atoms with Gasteiger partial charge in [-0.05, 0) is 5.56 Å². The lowest BCUT2D eigenvalue weighted by Gasteiger charge is -2.12. The van der Waals surface area contributed by atoms with Crippen LogP contribution in [0.25, 0.3) is 16.9 Å². The van der Waals surface area contributed by atoms with Gasteiger partial charge in [0.2, 0.25) is 5.65 Å². The molecule has 4 rings (SSSR count). The van der Waals surface area contributed by atoms with Gasteiger partial charge in [-0.2, -0.15) is 0 Å². The predicted octanol–water partition coefficient (Wildman–Crippen LogP) is 1.61. The van der Waals surface area contributed by atoms with E-state index < -0.39 is 5.97 Å². The summed E-state index contributed by atoms with van der Waals surface area (Å²) in [5.74, 6) is -1.16. The molecule has 2 heterocycles. The summed E-state index contributed by atoms with van der Waals surface area (Å²) in [6.45, 7) is 0. The molecule has 3 aromatic rings. The van der Waals surface area contributed by atoms with E-state index in [2.05, 4.69) is 9.97 Å². The second-order valence-electron chi connectivity index (χ2n) is 5.07. The highest BCUT2D eigenvalue weighted by Gasteiger charge is 2.33. The van der Waals surface area contributed by atoms with E-state index in [0.29, 0.717) is 5.69 Å². The van der Waals surface area contributed by atoms with Gasteiger partial charge in [0.05, 0.1) is 17.8 Å². The van der Waals surface area contributed by atoms with E-state index >= 15 is 0 Å². The normalized spacial score (nSPS) is 15.9. The molecule has 1 unspecified atom stereocenters. The van der Waals surface area contributed by atoms with Crippen molar-refractivity contribution in [3.8, 4) is 11.3 Å². The van der Waals surface area contributed by atoms with Gasteiger partial charge >= 0.3 is 5.97 Å². The maximum atomic E-state index is 12.1. The number of carboxylic acids is 1. The molecule has 0 bridgehead atoms. The number of hydrogen-bond acceptors (Lipinski definition) is 3. The fourth-order valence-electron chi connectivity index (χ4n) is 3.12. The SMILES string of the molecule is O=C(O)CC1c2ccccc2-c2[nH]c(=O)c3nccn3c21. The van der Waals surface area contributed by atoms with Crippen molar-refractivity contribution >= 4 is 11.6 Å². The molecule has 6 heteroatoms. The van der Waals surface area contributed by atoms with Crippen LogP contribution in [0.4, 0.5) is 0 Å². The molecule has 0 fully saturated rings. The first-order valence-corrected chi connectivity index (χ1v) is 6.57. The number of carbonyl (C=O) groups is 1. The van der Waals surface area contributed by atoms with Crippen molar-refractivity contribution in [2.24, 2.45) is 0 Å². The van der Waals surface area contributed by atoms with Crippen molar-refractivity contribution in [3.05, 3.63) is 58.3 Å². The summed E-state index contributed by atoms with van der Waals surface area (Å²) in [6.07, 6.45) is 3.22. The zero-order valence-corrected chi connectivity index (χ0v) is 10.9. The molecule has 0 radical (unpaired) electrons. The summed E-state index contributed by atoms with van der Waals surface area (Å²) < 4.78 is 1.70. The van der Waals surface area contributed by atoms with Crippen LogP contribution in [0.1, 0.15) is 23.6 Å². The smallest absolute Gasteiger partial charge is 0.304 e. The van der Waals surface area contributed by atoms with Crippen molar-refractivity contribution in [1.82, 2.24) is 14.4 Å². The minimum Gasteiger partial charge on any atom is -0.481 e. The Morgan fingerprint density at radius 2 is 2.19 bits per heavy atom. The number of nitrogens with zero attached hydrogens (tertiary/aromatic N) is 2. The number of fused-ring (bicyclic) bond motifs is 5. The van der Waals surface area contributed by atoms with E-state index in [9.17, 15) is 14.7 Å². The quantitative estimate of drug-likeness (QED) is 0.747. The first kappa shape index (κ1) is 11.9. The van der Waals surface area contributed by atoms with Gasteiger partial charge in [-0.25, -0.2) is 4.98 Å². The molecular weight excluding hydrogens is 270 g/mol. The van der Waals surface area contributed by atoms with Gasteiger partial charge in [0.1, 0.15) is 0 Å². The van der Waals surface area contributed by atoms with E-state index in [0.717, 1.165) is 16.8 Å². The average Bonchev–Trinajstić information content (AvgIpc) is 3.04. The van der Waals surface area contributed by atoms with Crippen LogP contribution in [0.3, 0.4) is 0 Å². The number of H-pyrrole nitrogens is 1. The standard InChI is InChI=1S/C15H11N3O3/c19-11(20)7-10-8-3-1-2-4-9(8)12-13(10)18-6-5-16-14(18)15(21)17-12/h1-6,10H,7H2,(H,17,21)(H,19,20). The molecule has 1 atom stereocenters. The Morgan fingerprint density at radius 1 is 1.38 bits per heavy atom. The number of imidazole rings is 1. The molecule has 104 valence electrons. The zero-order valence-electron chi connectivity index (χ0n) is 10.9. The van der Waals surface area contributed by atoms with E-state index in [1.165, 1.54) is 0 Å². The Hall–Kier alpha value is -2.89. The fraction of sp³-hybridized carbons (Fsp3) is 0.133. The van der Waals surface area contributed by atoms with Crippen LogP contribution in [0.15, 0.2) is 41.5 Å². The van der Waals surface area contributed by atoms with Crippen LogP contribution in [-0.2, 0) is 4.79 Å². The van der Waals surface area contributed by atoms with E-state index in [-0.39, 0.29) is 23.5 Å². The molecular formula is C15H11N3O3. The number of hydrogen-bond donors (Lipinski definition) is 2. The number of aromatic nitrogens is 3. The van der Waals surface area contributed by atoms with Crippen molar-refractivity contribution in [3.63, 3.8) is 0 Å². The number of rotatable bonds is 2. The first-order valence-electron chi connectivity index (χ1n) is 6.57. The largest absolute Gasteiger partial charge is 0.481 e. The second kappa shape index (κ2) is 4.05. The van der Waals surface area contributed by atoms with Gasteiger partial charge in [0.15, 0.2) is 0 Å². The lowest BCUT2D eigenvalue weighted by Crippen LogP contribution is -2.16. The summed E-state index contributed by atoms with van der Waals surface area (Å²) in [5, 5.41) is 9.21. The summed E-state index contributed by atoms with van der Waals surface area (Å²) in [5.41, 5.74) is 3.29. The summed E-state index contributed by atoms with van der Waals surface area (Å²) in [4.78, 5) is 30.2. The maximum Gasteiger partial charge on any atom is 0.304 e. The van der Waals surface area contributed by atoms with Crippen LogP contribution < -0.4 is 5.56 Å². The lowest BCUT2D eigenvalue weighted by atomic mass is 9.96. The van der Waals surface area contributed by atoms with Crippen molar-refractivity contribution in [2.45, 2.75) is 12.3 Å². The molecule has 0 amide bonds. The predicted molar refractivity (Wildman–Crippen MR) is 75.3 cm³/mol. The third-order valence-electron chi connectivity index (χ3n) is 3.91. The zero-order chi connectivity index (χ0) is 14.6. The van der Waals surface area contributed by atoms with Gasteiger partial charge in [0, 0.05) is 23.9 Å². The number of carboxylic acid groups (broad SMARTS) is 1. The highest BCUT2D eigenvalue weighted by Crippen LogP contribution is 2.44. The topological polar surface area (TPSA) is 87.5 Å². The minimum atomic E-state index is -0.873.